The van der Waals surface area contributed by atoms with Gasteiger partial charge in [-0.15, -0.1) is 4.91 Å². The van der Waals surface area contributed by atoms with Crippen LogP contribution in [-0.4, -0.2) is 16.5 Å². The standard InChI is InChI=1S/C17H17N3O2/c1-10-5-6-20-14(9-10)18-15(17(20)19-21)13-8-11(2)7-12(3)16(13)22-4/h5-9H,1-4H3. The molecule has 0 aliphatic rings. The molecule has 0 fully saturated rings. The van der Waals surface area contributed by atoms with Crippen LogP contribution in [0.3, 0.4) is 0 Å². The van der Waals surface area contributed by atoms with Crippen molar-refractivity contribution in [2.75, 3.05) is 7.11 Å². The number of methoxy groups -OCH3 is 1. The molecule has 22 heavy (non-hydrogen) atoms. The highest BCUT2D eigenvalue weighted by Gasteiger charge is 2.19. The number of benzene rings is 1. The molecule has 0 N–H and O–H groups in total. The van der Waals surface area contributed by atoms with Crippen LogP contribution in [0.5, 0.6) is 5.75 Å². The molecule has 112 valence electrons. The number of aromatic nitrogens is 2. The van der Waals surface area contributed by atoms with Crippen LogP contribution in [0.25, 0.3) is 16.9 Å². The number of imidazole rings is 1. The average molecular weight is 295 g/mol. The summed E-state index contributed by atoms with van der Waals surface area (Å²) in [6, 6.07) is 7.85. The lowest BCUT2D eigenvalue weighted by atomic mass is 10.0. The monoisotopic (exact) mass is 295 g/mol. The lowest BCUT2D eigenvalue weighted by Crippen LogP contribution is -1.93. The second kappa shape index (κ2) is 5.26. The second-order valence-electron chi connectivity index (χ2n) is 5.47. The van der Waals surface area contributed by atoms with Crippen molar-refractivity contribution in [3.05, 3.63) is 52.1 Å². The molecule has 0 aliphatic carbocycles. The van der Waals surface area contributed by atoms with Crippen molar-refractivity contribution in [1.82, 2.24) is 9.38 Å². The van der Waals surface area contributed by atoms with Gasteiger partial charge in [-0.25, -0.2) is 4.98 Å². The zero-order chi connectivity index (χ0) is 15.9. The second-order valence-corrected chi connectivity index (χ2v) is 5.47. The quantitative estimate of drug-likeness (QED) is 0.676. The molecule has 0 saturated heterocycles. The van der Waals surface area contributed by atoms with Gasteiger partial charge < -0.3 is 4.74 Å². The molecule has 0 radical (unpaired) electrons. The third kappa shape index (κ3) is 2.15. The lowest BCUT2D eigenvalue weighted by molar-refractivity contribution is 0.413. The molecular formula is C17H17N3O2. The van der Waals surface area contributed by atoms with Crippen molar-refractivity contribution in [3.8, 4) is 17.0 Å². The summed E-state index contributed by atoms with van der Waals surface area (Å²) in [7, 11) is 1.62. The van der Waals surface area contributed by atoms with Gasteiger partial charge in [0.1, 0.15) is 17.1 Å². The molecule has 0 unspecified atom stereocenters. The highest BCUT2D eigenvalue weighted by atomic mass is 16.5. The predicted octanol–water partition coefficient (Wildman–Crippen LogP) is 4.33. The van der Waals surface area contributed by atoms with Crippen molar-refractivity contribution in [2.45, 2.75) is 20.8 Å². The minimum absolute atomic E-state index is 0.290. The van der Waals surface area contributed by atoms with Crippen molar-refractivity contribution < 1.29 is 4.74 Å². The highest BCUT2D eigenvalue weighted by Crippen LogP contribution is 2.39. The van der Waals surface area contributed by atoms with Crippen LogP contribution in [0.2, 0.25) is 0 Å². The Morgan fingerprint density at radius 3 is 2.59 bits per heavy atom. The van der Waals surface area contributed by atoms with Crippen LogP contribution >= 0.6 is 0 Å². The van der Waals surface area contributed by atoms with Crippen molar-refractivity contribution in [3.63, 3.8) is 0 Å². The van der Waals surface area contributed by atoms with E-state index in [9.17, 15) is 4.91 Å². The van der Waals surface area contributed by atoms with Crippen LogP contribution in [-0.2, 0) is 0 Å². The Morgan fingerprint density at radius 2 is 1.91 bits per heavy atom. The smallest absolute Gasteiger partial charge is 0.209 e. The van der Waals surface area contributed by atoms with Crippen LogP contribution < -0.4 is 4.74 Å². The third-order valence-electron chi connectivity index (χ3n) is 3.72. The van der Waals surface area contributed by atoms with E-state index in [4.69, 9.17) is 4.74 Å². The van der Waals surface area contributed by atoms with E-state index < -0.39 is 0 Å². The van der Waals surface area contributed by atoms with E-state index >= 15 is 0 Å². The first kappa shape index (κ1) is 14.3. The van der Waals surface area contributed by atoms with Crippen LogP contribution in [0.15, 0.2) is 35.6 Å². The summed E-state index contributed by atoms with van der Waals surface area (Å²) in [6.07, 6.45) is 1.81. The van der Waals surface area contributed by atoms with Crippen LogP contribution in [0.4, 0.5) is 5.82 Å². The summed E-state index contributed by atoms with van der Waals surface area (Å²) < 4.78 is 7.21. The fraction of sp³-hybridized carbons (Fsp3) is 0.235. The minimum atomic E-state index is 0.290. The summed E-state index contributed by atoms with van der Waals surface area (Å²) in [5.41, 5.74) is 5.20. The topological polar surface area (TPSA) is 56.0 Å². The molecule has 2 heterocycles. The number of nitrogens with zero attached hydrogens (tertiary/aromatic N) is 3. The molecule has 0 atom stereocenters. The van der Waals surface area contributed by atoms with E-state index in [1.165, 1.54) is 0 Å². The summed E-state index contributed by atoms with van der Waals surface area (Å²) >= 11 is 0. The predicted molar refractivity (Wildman–Crippen MR) is 86.8 cm³/mol. The molecule has 0 bridgehead atoms. The van der Waals surface area contributed by atoms with Gasteiger partial charge in [-0.05, 0) is 60.8 Å². The molecule has 3 aromatic rings. The zero-order valence-electron chi connectivity index (χ0n) is 13.0. The Bertz CT molecular complexity index is 881. The third-order valence-corrected chi connectivity index (χ3v) is 3.72. The van der Waals surface area contributed by atoms with Crippen LogP contribution in [0, 0.1) is 25.7 Å². The summed E-state index contributed by atoms with van der Waals surface area (Å²) in [6.45, 7) is 5.97. The Kier molecular flexibility index (Phi) is 3.41. The van der Waals surface area contributed by atoms with E-state index in [0.29, 0.717) is 17.2 Å². The summed E-state index contributed by atoms with van der Waals surface area (Å²) in [4.78, 5) is 16.0. The maximum Gasteiger partial charge on any atom is 0.209 e. The van der Waals surface area contributed by atoms with Crippen LogP contribution in [0.1, 0.15) is 16.7 Å². The fourth-order valence-corrected chi connectivity index (χ4v) is 2.80. The van der Waals surface area contributed by atoms with E-state index in [1.807, 2.05) is 51.2 Å². The zero-order valence-corrected chi connectivity index (χ0v) is 13.0. The van der Waals surface area contributed by atoms with Crippen molar-refractivity contribution in [2.24, 2.45) is 5.18 Å². The molecule has 0 spiro atoms. The van der Waals surface area contributed by atoms with Crippen molar-refractivity contribution in [1.29, 1.82) is 0 Å². The maximum atomic E-state index is 11.4. The molecule has 2 aromatic heterocycles. The first-order chi connectivity index (χ1) is 10.5. The van der Waals surface area contributed by atoms with Gasteiger partial charge >= 0.3 is 0 Å². The molecule has 3 rings (SSSR count). The summed E-state index contributed by atoms with van der Waals surface area (Å²) in [5, 5.41) is 3.19. The number of nitroso groups, excluding NO2 is 1. The molecule has 0 amide bonds. The molecule has 1 aromatic carbocycles. The number of aryl methyl sites for hydroxylation is 3. The minimum Gasteiger partial charge on any atom is -0.496 e. The van der Waals surface area contributed by atoms with E-state index in [0.717, 1.165) is 28.0 Å². The SMILES string of the molecule is COc1c(C)cc(C)cc1-c1nc2cc(C)ccn2c1N=O. The largest absolute Gasteiger partial charge is 0.496 e. The first-order valence-corrected chi connectivity index (χ1v) is 7.03. The number of ether oxygens (including phenoxy) is 1. The van der Waals surface area contributed by atoms with Gasteiger partial charge in [0.05, 0.1) is 7.11 Å². The molecule has 0 aliphatic heterocycles. The Balaban J connectivity index is 2.37. The Morgan fingerprint density at radius 1 is 1.14 bits per heavy atom. The number of rotatable bonds is 3. The van der Waals surface area contributed by atoms with Gasteiger partial charge in [-0.3, -0.25) is 4.40 Å². The molecular weight excluding hydrogens is 278 g/mol. The average Bonchev–Trinajstić information content (AvgIpc) is 2.83. The summed E-state index contributed by atoms with van der Waals surface area (Å²) in [5.74, 6) is 1.01. The Hall–Kier alpha value is -2.69. The molecule has 0 saturated carbocycles. The number of hydrogen-bond acceptors (Lipinski definition) is 4. The number of pyridine rings is 1. The van der Waals surface area contributed by atoms with Gasteiger partial charge in [0.25, 0.3) is 0 Å². The Labute approximate surface area is 128 Å². The van der Waals surface area contributed by atoms with Gasteiger partial charge in [0.15, 0.2) is 0 Å². The fourth-order valence-electron chi connectivity index (χ4n) is 2.80. The van der Waals surface area contributed by atoms with Crippen molar-refractivity contribution >= 4 is 11.5 Å². The molecule has 5 heteroatoms. The molecule has 5 nitrogen and oxygen atoms in total. The van der Waals surface area contributed by atoms with Gasteiger partial charge in [0, 0.05) is 11.8 Å². The highest BCUT2D eigenvalue weighted by molar-refractivity contribution is 5.80. The van der Waals surface area contributed by atoms with E-state index in [2.05, 4.69) is 10.2 Å². The van der Waals surface area contributed by atoms with E-state index in [1.54, 1.807) is 11.5 Å². The number of hydrogen-bond donors (Lipinski definition) is 0. The normalized spacial score (nSPS) is 10.9. The first-order valence-electron chi connectivity index (χ1n) is 7.03. The van der Waals surface area contributed by atoms with Gasteiger partial charge in [0.2, 0.25) is 5.82 Å². The number of fused-ring (bicyclic) bond motifs is 1. The van der Waals surface area contributed by atoms with Gasteiger partial charge in [-0.1, -0.05) is 6.07 Å². The lowest BCUT2D eigenvalue weighted by Gasteiger charge is -2.11. The maximum absolute atomic E-state index is 11.4. The van der Waals surface area contributed by atoms with E-state index in [-0.39, 0.29) is 0 Å². The van der Waals surface area contributed by atoms with Gasteiger partial charge in [-0.2, -0.15) is 0 Å².